The van der Waals surface area contributed by atoms with Crippen molar-refractivity contribution in [2.75, 3.05) is 13.2 Å². The number of carbonyl (C=O) groups is 2. The van der Waals surface area contributed by atoms with Crippen LogP contribution in [0.3, 0.4) is 0 Å². The third-order valence-corrected chi connectivity index (χ3v) is 5.42. The molecule has 0 aromatic rings. The van der Waals surface area contributed by atoms with Gasteiger partial charge in [-0.15, -0.1) is 0 Å². The Balaban J connectivity index is 2.35. The van der Waals surface area contributed by atoms with Gasteiger partial charge in [-0.2, -0.15) is 0 Å². The topological polar surface area (TPSA) is 95.9 Å². The molecule has 6 nitrogen and oxygen atoms in total. The van der Waals surface area contributed by atoms with Crippen LogP contribution in [0.2, 0.25) is 0 Å². The number of esters is 1. The first-order chi connectivity index (χ1) is 11.5. The van der Waals surface area contributed by atoms with Gasteiger partial charge in [0.15, 0.2) is 0 Å². The fraction of sp³-hybridized carbons (Fsp3) is 0.895. The fourth-order valence-corrected chi connectivity index (χ4v) is 3.17. The standard InChI is InChI=1S/C19H35NO5/c1-13(2)14-6-9-19(5,10-7-14)25-15(22)8-11-20-17(24)16(23)18(3,4)12-21/h13-14,16,21,23H,6-12H2,1-5H3,(H,20,24). The lowest BCUT2D eigenvalue weighted by Crippen LogP contribution is -2.46. The maximum Gasteiger partial charge on any atom is 0.308 e. The molecule has 0 saturated heterocycles. The molecule has 1 aliphatic carbocycles. The lowest BCUT2D eigenvalue weighted by Gasteiger charge is -2.38. The maximum absolute atomic E-state index is 12.1. The van der Waals surface area contributed by atoms with Crippen LogP contribution in [0, 0.1) is 17.3 Å². The number of rotatable bonds is 8. The first kappa shape index (κ1) is 21.9. The first-order valence-corrected chi connectivity index (χ1v) is 9.29. The van der Waals surface area contributed by atoms with E-state index in [0.717, 1.165) is 25.7 Å². The second-order valence-electron chi connectivity index (χ2n) is 8.60. The molecule has 1 unspecified atom stereocenters. The van der Waals surface area contributed by atoms with Crippen LogP contribution < -0.4 is 5.32 Å². The maximum atomic E-state index is 12.1. The van der Waals surface area contributed by atoms with Gasteiger partial charge in [0, 0.05) is 12.0 Å². The summed E-state index contributed by atoms with van der Waals surface area (Å²) < 4.78 is 5.64. The number of nitrogens with one attached hydrogen (secondary N) is 1. The molecule has 1 atom stereocenters. The molecule has 1 rings (SSSR count). The number of aliphatic hydroxyl groups is 2. The van der Waals surface area contributed by atoms with Crippen LogP contribution in [0.4, 0.5) is 0 Å². The van der Waals surface area contributed by atoms with E-state index in [1.807, 2.05) is 6.92 Å². The monoisotopic (exact) mass is 357 g/mol. The Labute approximate surface area is 151 Å². The second kappa shape index (κ2) is 8.99. The van der Waals surface area contributed by atoms with Crippen molar-refractivity contribution in [2.45, 2.75) is 78.4 Å². The Bertz CT molecular complexity index is 453. The van der Waals surface area contributed by atoms with E-state index >= 15 is 0 Å². The molecule has 1 fully saturated rings. The van der Waals surface area contributed by atoms with E-state index in [-0.39, 0.29) is 25.5 Å². The van der Waals surface area contributed by atoms with E-state index in [1.54, 1.807) is 13.8 Å². The lowest BCUT2D eigenvalue weighted by molar-refractivity contribution is -0.162. The van der Waals surface area contributed by atoms with Crippen molar-refractivity contribution in [3.05, 3.63) is 0 Å². The average Bonchev–Trinajstić information content (AvgIpc) is 2.53. The molecule has 25 heavy (non-hydrogen) atoms. The summed E-state index contributed by atoms with van der Waals surface area (Å²) in [6.45, 7) is 9.44. The summed E-state index contributed by atoms with van der Waals surface area (Å²) >= 11 is 0. The Kier molecular flexibility index (Phi) is 7.88. The summed E-state index contributed by atoms with van der Waals surface area (Å²) in [5.41, 5.74) is -1.34. The van der Waals surface area contributed by atoms with Gasteiger partial charge in [0.2, 0.25) is 5.91 Å². The van der Waals surface area contributed by atoms with Crippen molar-refractivity contribution < 1.29 is 24.5 Å². The molecule has 3 N–H and O–H groups in total. The fourth-order valence-electron chi connectivity index (χ4n) is 3.17. The highest BCUT2D eigenvalue weighted by atomic mass is 16.6. The van der Waals surface area contributed by atoms with Crippen LogP contribution in [-0.2, 0) is 14.3 Å². The summed E-state index contributed by atoms with van der Waals surface area (Å²) in [5.74, 6) is 0.435. The summed E-state index contributed by atoms with van der Waals surface area (Å²) in [4.78, 5) is 23.9. The molecule has 0 aliphatic heterocycles. The van der Waals surface area contributed by atoms with Gasteiger partial charge >= 0.3 is 5.97 Å². The summed E-state index contributed by atoms with van der Waals surface area (Å²) in [6, 6.07) is 0. The van der Waals surface area contributed by atoms with Crippen LogP contribution in [0.1, 0.15) is 66.7 Å². The van der Waals surface area contributed by atoms with Gasteiger partial charge in [-0.1, -0.05) is 27.7 Å². The number of amides is 1. The van der Waals surface area contributed by atoms with Crippen molar-refractivity contribution in [1.29, 1.82) is 0 Å². The van der Waals surface area contributed by atoms with Gasteiger partial charge in [0.25, 0.3) is 0 Å². The van der Waals surface area contributed by atoms with Gasteiger partial charge in [-0.25, -0.2) is 0 Å². The summed E-state index contributed by atoms with van der Waals surface area (Å²) in [5, 5.41) is 21.6. The van der Waals surface area contributed by atoms with Crippen LogP contribution in [-0.4, -0.2) is 46.9 Å². The normalized spacial score (nSPS) is 25.5. The van der Waals surface area contributed by atoms with E-state index in [0.29, 0.717) is 11.8 Å². The Morgan fingerprint density at radius 3 is 2.32 bits per heavy atom. The average molecular weight is 357 g/mol. The molecule has 0 spiro atoms. The van der Waals surface area contributed by atoms with Crippen molar-refractivity contribution in [3.63, 3.8) is 0 Å². The lowest BCUT2D eigenvalue weighted by atomic mass is 9.75. The Morgan fingerprint density at radius 2 is 1.84 bits per heavy atom. The predicted octanol–water partition coefficient (Wildman–Crippen LogP) is 2.02. The minimum absolute atomic E-state index is 0.0706. The highest BCUT2D eigenvalue weighted by Crippen LogP contribution is 2.37. The molecule has 0 heterocycles. The van der Waals surface area contributed by atoms with Crippen molar-refractivity contribution in [1.82, 2.24) is 5.32 Å². The van der Waals surface area contributed by atoms with Crippen LogP contribution in [0.15, 0.2) is 0 Å². The number of aliphatic hydroxyl groups excluding tert-OH is 2. The highest BCUT2D eigenvalue weighted by Gasteiger charge is 2.35. The minimum atomic E-state index is -1.32. The van der Waals surface area contributed by atoms with Gasteiger partial charge in [0.1, 0.15) is 11.7 Å². The molecular weight excluding hydrogens is 322 g/mol. The number of carbonyl (C=O) groups excluding carboxylic acids is 2. The smallest absolute Gasteiger partial charge is 0.308 e. The second-order valence-corrected chi connectivity index (χ2v) is 8.60. The molecule has 0 radical (unpaired) electrons. The van der Waals surface area contributed by atoms with E-state index < -0.39 is 23.0 Å². The number of ether oxygens (including phenoxy) is 1. The molecule has 146 valence electrons. The summed E-state index contributed by atoms with van der Waals surface area (Å²) in [6.07, 6.45) is 2.63. The van der Waals surface area contributed by atoms with E-state index in [1.165, 1.54) is 0 Å². The van der Waals surface area contributed by atoms with E-state index in [9.17, 15) is 19.8 Å². The number of hydrogen-bond donors (Lipinski definition) is 3. The van der Waals surface area contributed by atoms with Gasteiger partial charge in [-0.3, -0.25) is 9.59 Å². The Hall–Kier alpha value is -1.14. The largest absolute Gasteiger partial charge is 0.459 e. The molecule has 1 aliphatic rings. The highest BCUT2D eigenvalue weighted by molar-refractivity contribution is 5.81. The zero-order chi connectivity index (χ0) is 19.3. The van der Waals surface area contributed by atoms with E-state index in [2.05, 4.69) is 19.2 Å². The number of hydrogen-bond acceptors (Lipinski definition) is 5. The van der Waals surface area contributed by atoms with Gasteiger partial charge in [0.05, 0.1) is 13.0 Å². The molecule has 0 aromatic heterocycles. The Morgan fingerprint density at radius 1 is 1.28 bits per heavy atom. The summed E-state index contributed by atoms with van der Waals surface area (Å²) in [7, 11) is 0. The van der Waals surface area contributed by atoms with Crippen LogP contribution in [0.5, 0.6) is 0 Å². The molecular formula is C19H35NO5. The predicted molar refractivity (Wildman–Crippen MR) is 95.8 cm³/mol. The van der Waals surface area contributed by atoms with Crippen LogP contribution in [0.25, 0.3) is 0 Å². The van der Waals surface area contributed by atoms with Crippen molar-refractivity contribution in [2.24, 2.45) is 17.3 Å². The molecule has 6 heteroatoms. The molecule has 0 bridgehead atoms. The van der Waals surface area contributed by atoms with Gasteiger partial charge in [-0.05, 0) is 44.4 Å². The molecule has 1 amide bonds. The van der Waals surface area contributed by atoms with Gasteiger partial charge < -0.3 is 20.3 Å². The zero-order valence-corrected chi connectivity index (χ0v) is 16.3. The minimum Gasteiger partial charge on any atom is -0.459 e. The molecule has 0 aromatic carbocycles. The van der Waals surface area contributed by atoms with E-state index in [4.69, 9.17) is 4.74 Å². The SMILES string of the molecule is CC(C)C1CCC(C)(OC(=O)CCNC(=O)C(O)C(C)(C)CO)CC1. The zero-order valence-electron chi connectivity index (χ0n) is 16.3. The van der Waals surface area contributed by atoms with Crippen molar-refractivity contribution >= 4 is 11.9 Å². The van der Waals surface area contributed by atoms with Crippen molar-refractivity contribution in [3.8, 4) is 0 Å². The first-order valence-electron chi connectivity index (χ1n) is 9.29. The third kappa shape index (κ3) is 6.59. The van der Waals surface area contributed by atoms with Crippen LogP contribution >= 0.6 is 0 Å². The molecule has 1 saturated carbocycles. The quantitative estimate of drug-likeness (QED) is 0.578. The third-order valence-electron chi connectivity index (χ3n) is 5.42.